The first kappa shape index (κ1) is 35.4. The van der Waals surface area contributed by atoms with Crippen molar-refractivity contribution in [1.82, 2.24) is 0 Å². The van der Waals surface area contributed by atoms with Crippen LogP contribution in [-0.2, 0) is 52.2 Å². The summed E-state index contributed by atoms with van der Waals surface area (Å²) in [5.41, 5.74) is 7.06. The highest BCUT2D eigenvalue weighted by Gasteiger charge is 2.38. The molecule has 0 saturated heterocycles. The summed E-state index contributed by atoms with van der Waals surface area (Å²) < 4.78 is 33.3. The molecule has 4 rings (SSSR count). The molecular formula is C33H50N2O8Si2. The van der Waals surface area contributed by atoms with Crippen molar-refractivity contribution in [1.29, 1.82) is 0 Å². The summed E-state index contributed by atoms with van der Waals surface area (Å²) >= 11 is 0. The Balaban J connectivity index is 1.32. The zero-order valence-corrected chi connectivity index (χ0v) is 30.2. The van der Waals surface area contributed by atoms with Crippen molar-refractivity contribution in [3.63, 3.8) is 0 Å². The van der Waals surface area contributed by atoms with Crippen LogP contribution in [-0.4, -0.2) is 71.7 Å². The summed E-state index contributed by atoms with van der Waals surface area (Å²) in [5.74, 6) is 1.67. The van der Waals surface area contributed by atoms with E-state index >= 15 is 0 Å². The van der Waals surface area contributed by atoms with Crippen molar-refractivity contribution >= 4 is 29.0 Å². The van der Waals surface area contributed by atoms with Gasteiger partial charge in [-0.3, -0.25) is 0 Å². The first-order chi connectivity index (χ1) is 21.6. The average molecular weight is 659 g/mol. The zero-order valence-electron chi connectivity index (χ0n) is 28.2. The molecule has 0 bridgehead atoms. The van der Waals surface area contributed by atoms with Gasteiger partial charge in [-0.05, 0) is 67.2 Å². The lowest BCUT2D eigenvalue weighted by Crippen LogP contribution is -2.42. The van der Waals surface area contributed by atoms with E-state index in [-0.39, 0.29) is 5.41 Å². The van der Waals surface area contributed by atoms with E-state index in [2.05, 4.69) is 60.6 Å². The van der Waals surface area contributed by atoms with Crippen LogP contribution in [0.25, 0.3) is 0 Å². The molecule has 0 N–H and O–H groups in total. The SMILES string of the molecule is CO[Si](CCCC1=NOc2ccc(CC(C)(C)Cc3ccc4c(c3)CC(CCC[Si](OC)(OC)OC)=NO4)cc2C1)(OC)OC. The van der Waals surface area contributed by atoms with Gasteiger partial charge < -0.3 is 36.2 Å². The molecule has 248 valence electrons. The fourth-order valence-corrected chi connectivity index (χ4v) is 9.68. The Morgan fingerprint density at radius 3 is 1.36 bits per heavy atom. The normalized spacial score (nSPS) is 15.0. The van der Waals surface area contributed by atoms with E-state index in [0.717, 1.165) is 86.4 Å². The van der Waals surface area contributed by atoms with Crippen LogP contribution in [0.4, 0.5) is 0 Å². The number of oxime groups is 2. The number of rotatable bonds is 18. The molecule has 0 saturated carbocycles. The first-order valence-corrected chi connectivity index (χ1v) is 19.5. The third kappa shape index (κ3) is 9.32. The van der Waals surface area contributed by atoms with Crippen molar-refractivity contribution in [2.45, 2.75) is 77.3 Å². The van der Waals surface area contributed by atoms with E-state index in [1.165, 1.54) is 22.3 Å². The molecule has 0 amide bonds. The highest BCUT2D eigenvalue weighted by Crippen LogP contribution is 2.34. The Bertz CT molecular complexity index is 1230. The van der Waals surface area contributed by atoms with Crippen molar-refractivity contribution in [3.05, 3.63) is 58.7 Å². The molecule has 45 heavy (non-hydrogen) atoms. The molecule has 10 nitrogen and oxygen atoms in total. The maximum absolute atomic E-state index is 5.77. The molecule has 0 aromatic heterocycles. The predicted octanol–water partition coefficient (Wildman–Crippen LogP) is 6.40. The molecular weight excluding hydrogens is 609 g/mol. The summed E-state index contributed by atoms with van der Waals surface area (Å²) in [7, 11) is 4.70. The van der Waals surface area contributed by atoms with E-state index in [4.69, 9.17) is 36.2 Å². The Morgan fingerprint density at radius 2 is 1.00 bits per heavy atom. The van der Waals surface area contributed by atoms with Gasteiger partial charge in [-0.15, -0.1) is 0 Å². The molecule has 0 atom stereocenters. The third-order valence-corrected chi connectivity index (χ3v) is 14.4. The van der Waals surface area contributed by atoms with Gasteiger partial charge in [0.15, 0.2) is 11.5 Å². The smallest absolute Gasteiger partial charge is 0.377 e. The quantitative estimate of drug-likeness (QED) is 0.170. The summed E-state index contributed by atoms with van der Waals surface area (Å²) in [6, 6.07) is 14.5. The third-order valence-electron chi connectivity index (χ3n) is 8.71. The number of hydrogen-bond donors (Lipinski definition) is 0. The lowest BCUT2D eigenvalue weighted by molar-refractivity contribution is 0.122. The van der Waals surface area contributed by atoms with Crippen LogP contribution in [0, 0.1) is 5.41 Å². The summed E-state index contributed by atoms with van der Waals surface area (Å²) in [6.07, 6.45) is 6.80. The largest absolute Gasteiger partial charge is 0.500 e. The van der Waals surface area contributed by atoms with E-state index in [1.807, 2.05) is 0 Å². The minimum Gasteiger partial charge on any atom is -0.377 e. The number of nitrogens with zero attached hydrogens (tertiary/aromatic N) is 2. The molecule has 2 aromatic rings. The van der Waals surface area contributed by atoms with Gasteiger partial charge in [0, 0.05) is 78.7 Å². The van der Waals surface area contributed by atoms with Gasteiger partial charge in [0.1, 0.15) is 0 Å². The molecule has 2 aliphatic rings. The Kier molecular flexibility index (Phi) is 12.5. The maximum atomic E-state index is 5.77. The van der Waals surface area contributed by atoms with Crippen LogP contribution >= 0.6 is 0 Å². The Hall–Kier alpha value is -2.43. The number of benzene rings is 2. The molecule has 0 unspecified atom stereocenters. The minimum atomic E-state index is -2.59. The van der Waals surface area contributed by atoms with Gasteiger partial charge in [-0.2, -0.15) is 0 Å². The fourth-order valence-electron chi connectivity index (χ4n) is 6.24. The predicted molar refractivity (Wildman–Crippen MR) is 179 cm³/mol. The van der Waals surface area contributed by atoms with Crippen molar-refractivity contribution in [2.75, 3.05) is 42.7 Å². The molecule has 2 aromatic carbocycles. The topological polar surface area (TPSA) is 98.6 Å². The van der Waals surface area contributed by atoms with Crippen LogP contribution in [0.1, 0.15) is 61.8 Å². The molecule has 2 aliphatic heterocycles. The molecule has 2 heterocycles. The highest BCUT2D eigenvalue weighted by atomic mass is 28.4. The molecule has 0 spiro atoms. The lowest BCUT2D eigenvalue weighted by atomic mass is 9.79. The van der Waals surface area contributed by atoms with Gasteiger partial charge in [0.05, 0.1) is 11.4 Å². The fraction of sp³-hybridized carbons (Fsp3) is 0.576. The average Bonchev–Trinajstić information content (AvgIpc) is 3.05. The lowest BCUT2D eigenvalue weighted by Gasteiger charge is -2.27. The molecule has 0 aliphatic carbocycles. The van der Waals surface area contributed by atoms with Crippen LogP contribution in [0.15, 0.2) is 46.7 Å². The monoisotopic (exact) mass is 658 g/mol. The standard InChI is InChI=1S/C33H50N2O8Si2/c1-33(2,23-25-13-15-31-27(19-25)21-29(34-42-31)11-9-17-44(36-3,37-4)38-5)24-26-14-16-32-28(20-26)22-30(35-43-32)12-10-18-45(39-6,40-7)41-8/h13-16,19-20H,9-12,17-18,21-24H2,1-8H3. The van der Waals surface area contributed by atoms with Crippen LogP contribution in [0.3, 0.4) is 0 Å². The maximum Gasteiger partial charge on any atom is 0.500 e. The van der Waals surface area contributed by atoms with Crippen molar-refractivity contribution < 1.29 is 36.2 Å². The first-order valence-electron chi connectivity index (χ1n) is 15.6. The van der Waals surface area contributed by atoms with E-state index in [9.17, 15) is 0 Å². The Morgan fingerprint density at radius 1 is 0.622 bits per heavy atom. The number of hydrogen-bond acceptors (Lipinski definition) is 10. The van der Waals surface area contributed by atoms with Crippen molar-refractivity contribution in [3.8, 4) is 11.5 Å². The summed E-state index contributed by atoms with van der Waals surface area (Å²) in [5, 5.41) is 8.77. The zero-order chi connectivity index (χ0) is 32.5. The number of fused-ring (bicyclic) bond motifs is 2. The van der Waals surface area contributed by atoms with E-state index < -0.39 is 17.6 Å². The van der Waals surface area contributed by atoms with Gasteiger partial charge in [-0.25, -0.2) is 0 Å². The molecule has 0 fully saturated rings. The second-order valence-electron chi connectivity index (χ2n) is 12.6. The molecule has 0 radical (unpaired) electrons. The van der Waals surface area contributed by atoms with Gasteiger partial charge in [0.2, 0.25) is 0 Å². The highest BCUT2D eigenvalue weighted by molar-refractivity contribution is 6.60. The summed E-state index contributed by atoms with van der Waals surface area (Å²) in [6.45, 7) is 4.65. The second-order valence-corrected chi connectivity index (χ2v) is 18.7. The van der Waals surface area contributed by atoms with E-state index in [0.29, 0.717) is 0 Å². The minimum absolute atomic E-state index is 0.0458. The van der Waals surface area contributed by atoms with Crippen LogP contribution in [0.5, 0.6) is 11.5 Å². The van der Waals surface area contributed by atoms with Crippen LogP contribution < -0.4 is 9.68 Å². The molecule has 12 heteroatoms. The van der Waals surface area contributed by atoms with Gasteiger partial charge in [-0.1, -0.05) is 48.4 Å². The van der Waals surface area contributed by atoms with Gasteiger partial charge >= 0.3 is 17.6 Å². The van der Waals surface area contributed by atoms with Crippen molar-refractivity contribution in [2.24, 2.45) is 15.7 Å². The van der Waals surface area contributed by atoms with E-state index in [1.54, 1.807) is 42.7 Å². The second kappa shape index (κ2) is 15.9. The van der Waals surface area contributed by atoms with Gasteiger partial charge in [0.25, 0.3) is 0 Å². The Labute approximate surface area is 270 Å². The summed E-state index contributed by atoms with van der Waals surface area (Å²) in [4.78, 5) is 11.5. The van der Waals surface area contributed by atoms with Crippen LogP contribution in [0.2, 0.25) is 12.1 Å².